The lowest BCUT2D eigenvalue weighted by Crippen LogP contribution is -2.46. The van der Waals surface area contributed by atoms with Gasteiger partial charge in [-0.1, -0.05) is 0 Å². The summed E-state index contributed by atoms with van der Waals surface area (Å²) < 4.78 is 11.9. The standard InChI is InChI=1S/C11H20O2/c1-9-5-3-7-11(12-9)8-4-6-10(2)13-11/h9-10H,3-8H2,1-2H3/t9-,10+,11?. The highest BCUT2D eigenvalue weighted by molar-refractivity contribution is 4.81. The molecule has 0 aromatic carbocycles. The molecule has 0 N–H and O–H groups in total. The van der Waals surface area contributed by atoms with Crippen LogP contribution in [0.4, 0.5) is 0 Å². The van der Waals surface area contributed by atoms with Crippen LogP contribution in [0.2, 0.25) is 0 Å². The minimum atomic E-state index is -0.199. The van der Waals surface area contributed by atoms with Gasteiger partial charge in [-0.05, 0) is 39.5 Å². The van der Waals surface area contributed by atoms with Crippen molar-refractivity contribution in [3.63, 3.8) is 0 Å². The second kappa shape index (κ2) is 3.58. The van der Waals surface area contributed by atoms with E-state index in [0.717, 1.165) is 12.8 Å². The normalized spacial score (nSPS) is 46.6. The fourth-order valence-electron chi connectivity index (χ4n) is 2.56. The molecule has 76 valence electrons. The van der Waals surface area contributed by atoms with Crippen molar-refractivity contribution >= 4 is 0 Å². The van der Waals surface area contributed by atoms with Crippen molar-refractivity contribution < 1.29 is 9.47 Å². The Hall–Kier alpha value is -0.0800. The Morgan fingerprint density at radius 3 is 1.77 bits per heavy atom. The van der Waals surface area contributed by atoms with Crippen molar-refractivity contribution in [1.29, 1.82) is 0 Å². The van der Waals surface area contributed by atoms with E-state index in [1.54, 1.807) is 0 Å². The zero-order chi connectivity index (χ0) is 9.31. The molecule has 1 spiro atoms. The summed E-state index contributed by atoms with van der Waals surface area (Å²) in [6, 6.07) is 0. The highest BCUT2D eigenvalue weighted by Gasteiger charge is 2.40. The van der Waals surface area contributed by atoms with Crippen LogP contribution in [0.25, 0.3) is 0 Å². The zero-order valence-corrected chi connectivity index (χ0v) is 8.71. The molecule has 3 atom stereocenters. The zero-order valence-electron chi connectivity index (χ0n) is 8.71. The van der Waals surface area contributed by atoms with Gasteiger partial charge < -0.3 is 9.47 Å². The average molecular weight is 184 g/mol. The van der Waals surface area contributed by atoms with Crippen LogP contribution in [0.1, 0.15) is 52.4 Å². The van der Waals surface area contributed by atoms with Gasteiger partial charge in [0.2, 0.25) is 0 Å². The Balaban J connectivity index is 2.00. The first kappa shape index (κ1) is 9.47. The van der Waals surface area contributed by atoms with Gasteiger partial charge in [-0.25, -0.2) is 0 Å². The number of ether oxygens (including phenoxy) is 2. The van der Waals surface area contributed by atoms with Gasteiger partial charge in [0.05, 0.1) is 12.2 Å². The van der Waals surface area contributed by atoms with E-state index < -0.39 is 0 Å². The van der Waals surface area contributed by atoms with Gasteiger partial charge in [-0.15, -0.1) is 0 Å². The molecule has 0 amide bonds. The van der Waals surface area contributed by atoms with Crippen LogP contribution in [0, 0.1) is 0 Å². The molecule has 2 aliphatic heterocycles. The predicted octanol–water partition coefficient (Wildman–Crippen LogP) is 2.86. The molecule has 2 heteroatoms. The van der Waals surface area contributed by atoms with Gasteiger partial charge >= 0.3 is 0 Å². The monoisotopic (exact) mass is 184 g/mol. The fraction of sp³-hybridized carbons (Fsp3) is 1.00. The summed E-state index contributed by atoms with van der Waals surface area (Å²) >= 11 is 0. The van der Waals surface area contributed by atoms with Crippen LogP contribution >= 0.6 is 0 Å². The predicted molar refractivity (Wildman–Crippen MR) is 51.5 cm³/mol. The van der Waals surface area contributed by atoms with Gasteiger partial charge in [-0.2, -0.15) is 0 Å². The smallest absolute Gasteiger partial charge is 0.168 e. The topological polar surface area (TPSA) is 18.5 Å². The molecule has 0 bridgehead atoms. The molecule has 2 heterocycles. The largest absolute Gasteiger partial charge is 0.347 e. The van der Waals surface area contributed by atoms with Gasteiger partial charge in [0.1, 0.15) is 0 Å². The first-order valence-corrected chi connectivity index (χ1v) is 5.56. The third kappa shape index (κ3) is 2.05. The Morgan fingerprint density at radius 1 is 0.923 bits per heavy atom. The first-order chi connectivity index (χ1) is 6.20. The molecule has 0 aromatic rings. The van der Waals surface area contributed by atoms with Gasteiger partial charge in [0.15, 0.2) is 5.79 Å². The molecule has 2 aliphatic rings. The van der Waals surface area contributed by atoms with Crippen LogP contribution in [-0.4, -0.2) is 18.0 Å². The SMILES string of the molecule is C[C@@H]1CCCC2(CCC[C@H](C)O2)O1. The maximum absolute atomic E-state index is 5.96. The van der Waals surface area contributed by atoms with Crippen LogP contribution in [0.15, 0.2) is 0 Å². The van der Waals surface area contributed by atoms with E-state index in [-0.39, 0.29) is 5.79 Å². The molecule has 2 saturated heterocycles. The molecule has 0 aliphatic carbocycles. The van der Waals surface area contributed by atoms with Crippen molar-refractivity contribution in [3.05, 3.63) is 0 Å². The Bertz CT molecular complexity index is 159. The minimum Gasteiger partial charge on any atom is -0.347 e. The van der Waals surface area contributed by atoms with E-state index >= 15 is 0 Å². The van der Waals surface area contributed by atoms with Crippen LogP contribution < -0.4 is 0 Å². The lowest BCUT2D eigenvalue weighted by atomic mass is 9.93. The first-order valence-electron chi connectivity index (χ1n) is 5.56. The number of hydrogen-bond acceptors (Lipinski definition) is 2. The lowest BCUT2D eigenvalue weighted by Gasteiger charge is -2.44. The summed E-state index contributed by atoms with van der Waals surface area (Å²) in [7, 11) is 0. The summed E-state index contributed by atoms with van der Waals surface area (Å²) in [5, 5.41) is 0. The fourth-order valence-corrected chi connectivity index (χ4v) is 2.56. The summed E-state index contributed by atoms with van der Waals surface area (Å²) in [4.78, 5) is 0. The quantitative estimate of drug-likeness (QED) is 0.576. The highest BCUT2D eigenvalue weighted by Crippen LogP contribution is 2.38. The second-order valence-corrected chi connectivity index (χ2v) is 4.55. The second-order valence-electron chi connectivity index (χ2n) is 4.55. The number of hydrogen-bond donors (Lipinski definition) is 0. The van der Waals surface area contributed by atoms with E-state index in [0.29, 0.717) is 12.2 Å². The molecule has 1 unspecified atom stereocenters. The molecular weight excluding hydrogens is 164 g/mol. The van der Waals surface area contributed by atoms with Crippen molar-refractivity contribution in [1.82, 2.24) is 0 Å². The summed E-state index contributed by atoms with van der Waals surface area (Å²) in [5.74, 6) is -0.199. The molecule has 0 saturated carbocycles. The van der Waals surface area contributed by atoms with Crippen molar-refractivity contribution in [2.75, 3.05) is 0 Å². The Labute approximate surface area is 80.6 Å². The van der Waals surface area contributed by atoms with E-state index in [9.17, 15) is 0 Å². The van der Waals surface area contributed by atoms with Crippen LogP contribution in [0.3, 0.4) is 0 Å². The van der Waals surface area contributed by atoms with Crippen molar-refractivity contribution in [2.24, 2.45) is 0 Å². The molecule has 13 heavy (non-hydrogen) atoms. The Morgan fingerprint density at radius 2 is 1.38 bits per heavy atom. The lowest BCUT2D eigenvalue weighted by molar-refractivity contribution is -0.309. The molecule has 0 aromatic heterocycles. The molecule has 0 radical (unpaired) electrons. The van der Waals surface area contributed by atoms with E-state index in [1.807, 2.05) is 0 Å². The summed E-state index contributed by atoms with van der Waals surface area (Å²) in [6.07, 6.45) is 7.88. The average Bonchev–Trinajstić information content (AvgIpc) is 2.02. The minimum absolute atomic E-state index is 0.199. The van der Waals surface area contributed by atoms with Gasteiger partial charge in [-0.3, -0.25) is 0 Å². The molecule has 2 fully saturated rings. The van der Waals surface area contributed by atoms with Crippen molar-refractivity contribution in [3.8, 4) is 0 Å². The van der Waals surface area contributed by atoms with E-state index in [1.165, 1.54) is 25.7 Å². The third-order valence-corrected chi connectivity index (χ3v) is 3.17. The molecule has 2 rings (SSSR count). The number of rotatable bonds is 0. The summed E-state index contributed by atoms with van der Waals surface area (Å²) in [6.45, 7) is 4.31. The maximum atomic E-state index is 5.96. The third-order valence-electron chi connectivity index (χ3n) is 3.17. The maximum Gasteiger partial charge on any atom is 0.168 e. The van der Waals surface area contributed by atoms with E-state index in [4.69, 9.17) is 9.47 Å². The summed E-state index contributed by atoms with van der Waals surface area (Å²) in [5.41, 5.74) is 0. The van der Waals surface area contributed by atoms with Crippen molar-refractivity contribution in [2.45, 2.75) is 70.4 Å². The van der Waals surface area contributed by atoms with Gasteiger partial charge in [0, 0.05) is 12.8 Å². The van der Waals surface area contributed by atoms with Gasteiger partial charge in [0.25, 0.3) is 0 Å². The highest BCUT2D eigenvalue weighted by atomic mass is 16.7. The van der Waals surface area contributed by atoms with E-state index in [2.05, 4.69) is 13.8 Å². The van der Waals surface area contributed by atoms with Crippen LogP contribution in [0.5, 0.6) is 0 Å². The van der Waals surface area contributed by atoms with Crippen LogP contribution in [-0.2, 0) is 9.47 Å². The Kier molecular flexibility index (Phi) is 2.61. The molecular formula is C11H20O2. The molecule has 2 nitrogen and oxygen atoms in total.